The van der Waals surface area contributed by atoms with Crippen LogP contribution in [-0.2, 0) is 13.0 Å². The number of fused-ring (bicyclic) bond motifs is 1. The minimum Gasteiger partial charge on any atom is -0.349 e. The first-order valence-corrected chi connectivity index (χ1v) is 8.47. The van der Waals surface area contributed by atoms with Crippen LogP contribution in [-0.4, -0.2) is 51.8 Å². The van der Waals surface area contributed by atoms with E-state index in [1.54, 1.807) is 6.20 Å². The van der Waals surface area contributed by atoms with Gasteiger partial charge in [0.1, 0.15) is 0 Å². The zero-order chi connectivity index (χ0) is 16.9. The molecule has 0 saturated carbocycles. The van der Waals surface area contributed by atoms with Gasteiger partial charge < -0.3 is 11.1 Å². The van der Waals surface area contributed by atoms with E-state index in [0.717, 1.165) is 49.6 Å². The van der Waals surface area contributed by atoms with E-state index in [-0.39, 0.29) is 5.91 Å². The van der Waals surface area contributed by atoms with Gasteiger partial charge in [-0.3, -0.25) is 9.69 Å². The Balaban J connectivity index is 1.99. The molecule has 0 saturated heterocycles. The Morgan fingerprint density at radius 1 is 1.42 bits per heavy atom. The number of pyridine rings is 1. The lowest BCUT2D eigenvalue weighted by molar-refractivity contribution is 0.0947. The molecule has 0 spiro atoms. The predicted octanol–water partition coefficient (Wildman–Crippen LogP) is 0.724. The number of hydrogen-bond donors (Lipinski definition) is 2. The van der Waals surface area contributed by atoms with E-state index in [1.165, 1.54) is 0 Å². The predicted molar refractivity (Wildman–Crippen MR) is 92.0 cm³/mol. The molecule has 1 aliphatic heterocycles. The largest absolute Gasteiger partial charge is 0.349 e. The summed E-state index contributed by atoms with van der Waals surface area (Å²) in [6.07, 6.45) is 3.70. The van der Waals surface area contributed by atoms with Gasteiger partial charge in [-0.05, 0) is 25.1 Å². The molecule has 3 N–H and O–H groups in total. The van der Waals surface area contributed by atoms with Gasteiger partial charge in [0.25, 0.3) is 5.91 Å². The lowest BCUT2D eigenvalue weighted by Gasteiger charge is -2.27. The van der Waals surface area contributed by atoms with Gasteiger partial charge in [0, 0.05) is 44.4 Å². The molecule has 0 unspecified atom stereocenters. The van der Waals surface area contributed by atoms with E-state index in [4.69, 9.17) is 5.73 Å². The molecular formula is C17H24N6O. The molecule has 0 fully saturated rings. The second kappa shape index (κ2) is 7.55. The maximum atomic E-state index is 12.5. The summed E-state index contributed by atoms with van der Waals surface area (Å²) in [4.78, 5) is 19.3. The number of amides is 1. The van der Waals surface area contributed by atoms with Crippen molar-refractivity contribution in [3.05, 3.63) is 41.3 Å². The van der Waals surface area contributed by atoms with Crippen LogP contribution < -0.4 is 11.1 Å². The highest BCUT2D eigenvalue weighted by Crippen LogP contribution is 2.25. The molecule has 3 heterocycles. The molecule has 128 valence electrons. The number of carbonyl (C=O) groups excluding carboxylic acids is 1. The number of nitrogens with zero attached hydrogens (tertiary/aromatic N) is 4. The summed E-state index contributed by atoms with van der Waals surface area (Å²) >= 11 is 0. The Hall–Kier alpha value is -2.25. The summed E-state index contributed by atoms with van der Waals surface area (Å²) in [6, 6.07) is 5.71. The van der Waals surface area contributed by atoms with Crippen molar-refractivity contribution < 1.29 is 4.79 Å². The van der Waals surface area contributed by atoms with Crippen molar-refractivity contribution in [3.8, 4) is 5.82 Å². The van der Waals surface area contributed by atoms with Crippen molar-refractivity contribution in [3.63, 3.8) is 0 Å². The zero-order valence-electron chi connectivity index (χ0n) is 14.0. The van der Waals surface area contributed by atoms with Crippen molar-refractivity contribution >= 4 is 5.91 Å². The van der Waals surface area contributed by atoms with E-state index in [2.05, 4.69) is 27.2 Å². The molecule has 7 nitrogen and oxygen atoms in total. The minimum atomic E-state index is -0.162. The Kier molecular flexibility index (Phi) is 5.22. The number of carbonyl (C=O) groups is 1. The average molecular weight is 328 g/mol. The average Bonchev–Trinajstić information content (AvgIpc) is 3.00. The summed E-state index contributed by atoms with van der Waals surface area (Å²) in [5.74, 6) is 0.584. The highest BCUT2D eigenvalue weighted by Gasteiger charge is 2.28. The number of nitrogens with two attached hydrogens (primary N) is 1. The maximum Gasteiger partial charge on any atom is 0.272 e. The number of hydrogen-bond acceptors (Lipinski definition) is 5. The first-order valence-electron chi connectivity index (χ1n) is 8.47. The second-order valence-corrected chi connectivity index (χ2v) is 5.94. The summed E-state index contributed by atoms with van der Waals surface area (Å²) in [7, 11) is 0. The van der Waals surface area contributed by atoms with Gasteiger partial charge in [0.15, 0.2) is 11.5 Å². The van der Waals surface area contributed by atoms with Crippen LogP contribution >= 0.6 is 0 Å². The van der Waals surface area contributed by atoms with Gasteiger partial charge in [-0.15, -0.1) is 0 Å². The molecule has 0 bridgehead atoms. The second-order valence-electron chi connectivity index (χ2n) is 5.94. The first kappa shape index (κ1) is 16.6. The van der Waals surface area contributed by atoms with Crippen LogP contribution in [0.25, 0.3) is 5.82 Å². The van der Waals surface area contributed by atoms with Crippen LogP contribution in [0.15, 0.2) is 24.4 Å². The molecule has 2 aromatic rings. The summed E-state index contributed by atoms with van der Waals surface area (Å²) in [5, 5.41) is 7.42. The standard InChI is InChI=1S/C17H24N6O/c1-2-10-22-11-6-14-13(12-22)16(17(24)20-9-7-18)21-23(14)15-5-3-4-8-19-15/h3-5,8H,2,6-7,9-12,18H2,1H3,(H,20,24). The van der Waals surface area contributed by atoms with E-state index in [1.807, 2.05) is 22.9 Å². The summed E-state index contributed by atoms with van der Waals surface area (Å²) in [5.41, 5.74) is 8.07. The smallest absolute Gasteiger partial charge is 0.272 e. The van der Waals surface area contributed by atoms with Crippen molar-refractivity contribution in [2.75, 3.05) is 26.2 Å². The first-order chi connectivity index (χ1) is 11.7. The summed E-state index contributed by atoms with van der Waals surface area (Å²) < 4.78 is 1.82. The van der Waals surface area contributed by atoms with Gasteiger partial charge >= 0.3 is 0 Å². The van der Waals surface area contributed by atoms with Gasteiger partial charge in [-0.25, -0.2) is 9.67 Å². The fourth-order valence-electron chi connectivity index (χ4n) is 3.10. The molecule has 1 amide bonds. The van der Waals surface area contributed by atoms with E-state index < -0.39 is 0 Å². The molecule has 24 heavy (non-hydrogen) atoms. The quantitative estimate of drug-likeness (QED) is 0.816. The number of aromatic nitrogens is 3. The molecule has 7 heteroatoms. The maximum absolute atomic E-state index is 12.5. The SMILES string of the molecule is CCCN1CCc2c(c(C(=O)NCCN)nn2-c2ccccn2)C1. The molecule has 2 aromatic heterocycles. The summed E-state index contributed by atoms with van der Waals surface area (Å²) in [6.45, 7) is 5.78. The Morgan fingerprint density at radius 2 is 2.29 bits per heavy atom. The monoisotopic (exact) mass is 328 g/mol. The molecule has 3 rings (SSSR count). The van der Waals surface area contributed by atoms with E-state index in [0.29, 0.717) is 18.8 Å². The van der Waals surface area contributed by atoms with Crippen LogP contribution in [0.3, 0.4) is 0 Å². The van der Waals surface area contributed by atoms with E-state index >= 15 is 0 Å². The number of rotatable bonds is 6. The van der Waals surface area contributed by atoms with Gasteiger partial charge in [0.05, 0.1) is 5.69 Å². The third-order valence-electron chi connectivity index (χ3n) is 4.19. The van der Waals surface area contributed by atoms with Crippen molar-refractivity contribution in [2.24, 2.45) is 5.73 Å². The molecule has 0 aromatic carbocycles. The molecule has 0 radical (unpaired) electrons. The van der Waals surface area contributed by atoms with Crippen molar-refractivity contribution in [1.29, 1.82) is 0 Å². The van der Waals surface area contributed by atoms with Gasteiger partial charge in [0.2, 0.25) is 0 Å². The normalized spacial score (nSPS) is 14.4. The van der Waals surface area contributed by atoms with Crippen molar-refractivity contribution in [2.45, 2.75) is 26.3 Å². The molecular weight excluding hydrogens is 304 g/mol. The fourth-order valence-corrected chi connectivity index (χ4v) is 3.10. The third kappa shape index (κ3) is 3.32. The molecule has 0 aliphatic carbocycles. The fraction of sp³-hybridized carbons (Fsp3) is 0.471. The topological polar surface area (TPSA) is 89.1 Å². The van der Waals surface area contributed by atoms with Crippen LogP contribution in [0.2, 0.25) is 0 Å². The van der Waals surface area contributed by atoms with Gasteiger partial charge in [-0.2, -0.15) is 5.10 Å². The third-order valence-corrected chi connectivity index (χ3v) is 4.19. The highest BCUT2D eigenvalue weighted by molar-refractivity contribution is 5.94. The Morgan fingerprint density at radius 3 is 3.00 bits per heavy atom. The lowest BCUT2D eigenvalue weighted by Crippen LogP contribution is -2.34. The van der Waals surface area contributed by atoms with Crippen LogP contribution in [0, 0.1) is 0 Å². The van der Waals surface area contributed by atoms with Crippen LogP contribution in [0.5, 0.6) is 0 Å². The molecule has 1 aliphatic rings. The highest BCUT2D eigenvalue weighted by atomic mass is 16.2. The van der Waals surface area contributed by atoms with E-state index in [9.17, 15) is 4.79 Å². The van der Waals surface area contributed by atoms with Crippen molar-refractivity contribution in [1.82, 2.24) is 25.0 Å². The van der Waals surface area contributed by atoms with Crippen LogP contribution in [0.1, 0.15) is 35.1 Å². The molecule has 0 atom stereocenters. The van der Waals surface area contributed by atoms with Crippen LogP contribution in [0.4, 0.5) is 0 Å². The Labute approximate surface area is 141 Å². The minimum absolute atomic E-state index is 0.162. The lowest BCUT2D eigenvalue weighted by atomic mass is 10.0. The zero-order valence-corrected chi connectivity index (χ0v) is 14.0. The Bertz CT molecular complexity index is 697. The van der Waals surface area contributed by atoms with Gasteiger partial charge in [-0.1, -0.05) is 13.0 Å². The number of nitrogens with one attached hydrogen (secondary N) is 1.